The number of carbonyl (C=O) groups is 1. The molecule has 1 aromatic heterocycles. The first-order chi connectivity index (χ1) is 9.15. The maximum absolute atomic E-state index is 11.6. The lowest BCUT2D eigenvalue weighted by molar-refractivity contribution is -0.126. The molecule has 1 aliphatic rings. The molecule has 0 saturated carbocycles. The van der Waals surface area contributed by atoms with Crippen molar-refractivity contribution in [3.05, 3.63) is 53.3 Å². The molecule has 0 aliphatic carbocycles. The third kappa shape index (κ3) is 2.38. The van der Waals surface area contributed by atoms with Crippen LogP contribution in [0, 0.1) is 0 Å². The van der Waals surface area contributed by atoms with E-state index in [2.05, 4.69) is 12.3 Å². The summed E-state index contributed by atoms with van der Waals surface area (Å²) in [7, 11) is 1.85. The van der Waals surface area contributed by atoms with Gasteiger partial charge < -0.3 is 9.47 Å². The van der Waals surface area contributed by atoms with E-state index in [1.807, 2.05) is 42.1 Å². The molecular formula is C14H13ClN2OS. The topological polar surface area (TPSA) is 25.2 Å². The maximum atomic E-state index is 11.6. The highest BCUT2D eigenvalue weighted by Gasteiger charge is 2.30. The largest absolute Gasteiger partial charge is 0.329 e. The zero-order valence-corrected chi connectivity index (χ0v) is 12.0. The quantitative estimate of drug-likeness (QED) is 0.848. The van der Waals surface area contributed by atoms with Gasteiger partial charge in [0, 0.05) is 35.7 Å². The summed E-state index contributed by atoms with van der Waals surface area (Å²) in [6.45, 7) is 0. The van der Waals surface area contributed by atoms with Gasteiger partial charge >= 0.3 is 0 Å². The van der Waals surface area contributed by atoms with Crippen LogP contribution in [0.25, 0.3) is 5.69 Å². The summed E-state index contributed by atoms with van der Waals surface area (Å²) in [5, 5.41) is 0.855. The fraction of sp³-hybridized carbons (Fsp3) is 0.214. The summed E-state index contributed by atoms with van der Waals surface area (Å²) < 4.78 is 2.04. The summed E-state index contributed by atoms with van der Waals surface area (Å²) in [5.74, 6) is 0.752. The summed E-state index contributed by atoms with van der Waals surface area (Å²) in [6, 6.07) is 9.75. The van der Waals surface area contributed by atoms with E-state index in [1.54, 1.807) is 16.7 Å². The van der Waals surface area contributed by atoms with Crippen LogP contribution in [0.3, 0.4) is 0 Å². The second-order valence-corrected chi connectivity index (χ2v) is 6.00. The van der Waals surface area contributed by atoms with Gasteiger partial charge in [-0.2, -0.15) is 0 Å². The van der Waals surface area contributed by atoms with Gasteiger partial charge in [0.2, 0.25) is 5.91 Å². The Morgan fingerprint density at radius 3 is 2.63 bits per heavy atom. The van der Waals surface area contributed by atoms with Crippen LogP contribution in [0.1, 0.15) is 10.9 Å². The monoisotopic (exact) mass is 292 g/mol. The number of hydrogen-bond donors (Lipinski definition) is 0. The van der Waals surface area contributed by atoms with E-state index in [0.717, 1.165) is 16.3 Å². The molecule has 2 aromatic rings. The molecule has 0 bridgehead atoms. The molecule has 3 rings (SSSR count). The zero-order valence-electron chi connectivity index (χ0n) is 10.4. The van der Waals surface area contributed by atoms with E-state index in [1.165, 1.54) is 0 Å². The Kier molecular flexibility index (Phi) is 3.29. The van der Waals surface area contributed by atoms with Crippen molar-refractivity contribution in [1.29, 1.82) is 0 Å². The minimum absolute atomic E-state index is 0.126. The highest BCUT2D eigenvalue weighted by molar-refractivity contribution is 8.00. The number of nitrogens with zero attached hydrogens (tertiary/aromatic N) is 2. The summed E-state index contributed by atoms with van der Waals surface area (Å²) >= 11 is 7.55. The standard InChI is InChI=1S/C14H13ClN2OS/c1-16-13(18)9-19-14(16)10-6-7-17(8-10)12-4-2-11(15)3-5-12/h2-8,14H,9H2,1H3. The highest BCUT2D eigenvalue weighted by Crippen LogP contribution is 2.37. The van der Waals surface area contributed by atoms with Gasteiger partial charge in [-0.25, -0.2) is 0 Å². The number of carbonyl (C=O) groups excluding carboxylic acids is 1. The first-order valence-electron chi connectivity index (χ1n) is 5.96. The number of rotatable bonds is 2. The van der Waals surface area contributed by atoms with Crippen molar-refractivity contribution in [2.45, 2.75) is 5.37 Å². The van der Waals surface area contributed by atoms with E-state index in [4.69, 9.17) is 11.6 Å². The molecule has 98 valence electrons. The van der Waals surface area contributed by atoms with Crippen LogP contribution in [0.15, 0.2) is 42.7 Å². The number of hydrogen-bond acceptors (Lipinski definition) is 2. The summed E-state index contributed by atoms with van der Waals surface area (Å²) in [4.78, 5) is 13.4. The third-order valence-corrected chi connectivity index (χ3v) is 4.81. The average Bonchev–Trinajstić information content (AvgIpc) is 2.99. The molecule has 1 unspecified atom stereocenters. The maximum Gasteiger partial charge on any atom is 0.233 e. The number of amides is 1. The van der Waals surface area contributed by atoms with Crippen molar-refractivity contribution in [1.82, 2.24) is 9.47 Å². The Hall–Kier alpha value is -1.39. The SMILES string of the molecule is CN1C(=O)CSC1c1ccn(-c2ccc(Cl)cc2)c1. The first kappa shape index (κ1) is 12.6. The number of aromatic nitrogens is 1. The van der Waals surface area contributed by atoms with Crippen LogP contribution < -0.4 is 0 Å². The van der Waals surface area contributed by atoms with Gasteiger partial charge in [-0.15, -0.1) is 11.8 Å². The van der Waals surface area contributed by atoms with Gasteiger partial charge in [-0.3, -0.25) is 4.79 Å². The van der Waals surface area contributed by atoms with Gasteiger partial charge in [-0.1, -0.05) is 11.6 Å². The number of benzene rings is 1. The minimum Gasteiger partial charge on any atom is -0.329 e. The Morgan fingerprint density at radius 1 is 1.26 bits per heavy atom. The van der Waals surface area contributed by atoms with Crippen molar-refractivity contribution in [2.24, 2.45) is 0 Å². The minimum atomic E-state index is 0.126. The van der Waals surface area contributed by atoms with Gasteiger partial charge in [0.25, 0.3) is 0 Å². The zero-order chi connectivity index (χ0) is 13.4. The van der Waals surface area contributed by atoms with Gasteiger partial charge in [0.15, 0.2) is 0 Å². The Balaban J connectivity index is 1.87. The van der Waals surface area contributed by atoms with E-state index >= 15 is 0 Å². The van der Waals surface area contributed by atoms with Crippen LogP contribution in [0.2, 0.25) is 5.02 Å². The number of thioether (sulfide) groups is 1. The Morgan fingerprint density at radius 2 is 2.00 bits per heavy atom. The lowest BCUT2D eigenvalue weighted by atomic mass is 10.3. The Labute approximate surface area is 121 Å². The molecule has 19 heavy (non-hydrogen) atoms. The first-order valence-corrected chi connectivity index (χ1v) is 7.39. The molecule has 5 heteroatoms. The normalized spacial score (nSPS) is 19.2. The number of halogens is 1. The molecule has 3 nitrogen and oxygen atoms in total. The summed E-state index contributed by atoms with van der Waals surface area (Å²) in [5.41, 5.74) is 2.21. The summed E-state index contributed by atoms with van der Waals surface area (Å²) in [6.07, 6.45) is 4.08. The lowest BCUT2D eigenvalue weighted by Gasteiger charge is -2.17. The molecule has 1 amide bonds. The fourth-order valence-corrected chi connectivity index (χ4v) is 3.45. The van der Waals surface area contributed by atoms with Crippen LogP contribution in [0.4, 0.5) is 0 Å². The van der Waals surface area contributed by atoms with Crippen LogP contribution in [0.5, 0.6) is 0 Å². The Bertz CT molecular complexity index is 608. The van der Waals surface area contributed by atoms with Crippen molar-refractivity contribution in [3.8, 4) is 5.69 Å². The van der Waals surface area contributed by atoms with Crippen LogP contribution >= 0.6 is 23.4 Å². The second-order valence-electron chi connectivity index (χ2n) is 4.50. The van der Waals surface area contributed by atoms with Crippen molar-refractivity contribution in [2.75, 3.05) is 12.8 Å². The molecule has 0 radical (unpaired) electrons. The molecule has 1 fully saturated rings. The van der Waals surface area contributed by atoms with Gasteiger partial charge in [0.1, 0.15) is 5.37 Å². The van der Waals surface area contributed by atoms with Gasteiger partial charge in [-0.05, 0) is 30.3 Å². The molecule has 2 heterocycles. The smallest absolute Gasteiger partial charge is 0.233 e. The van der Waals surface area contributed by atoms with E-state index in [-0.39, 0.29) is 11.3 Å². The van der Waals surface area contributed by atoms with Gasteiger partial charge in [0.05, 0.1) is 5.75 Å². The molecule has 1 atom stereocenters. The second kappa shape index (κ2) is 4.94. The van der Waals surface area contributed by atoms with Crippen molar-refractivity contribution in [3.63, 3.8) is 0 Å². The molecular weight excluding hydrogens is 280 g/mol. The molecule has 0 spiro atoms. The highest BCUT2D eigenvalue weighted by atomic mass is 35.5. The molecule has 1 aliphatic heterocycles. The van der Waals surface area contributed by atoms with Crippen LogP contribution in [-0.4, -0.2) is 28.2 Å². The van der Waals surface area contributed by atoms with E-state index in [0.29, 0.717) is 5.75 Å². The average molecular weight is 293 g/mol. The third-order valence-electron chi connectivity index (χ3n) is 3.24. The van der Waals surface area contributed by atoms with Crippen LogP contribution in [-0.2, 0) is 4.79 Å². The molecule has 0 N–H and O–H groups in total. The molecule has 1 saturated heterocycles. The van der Waals surface area contributed by atoms with Crippen molar-refractivity contribution < 1.29 is 4.79 Å². The van der Waals surface area contributed by atoms with E-state index < -0.39 is 0 Å². The predicted molar refractivity (Wildman–Crippen MR) is 78.7 cm³/mol. The lowest BCUT2D eigenvalue weighted by Crippen LogP contribution is -2.22. The van der Waals surface area contributed by atoms with Crippen molar-refractivity contribution >= 4 is 29.3 Å². The van der Waals surface area contributed by atoms with E-state index in [9.17, 15) is 4.79 Å². The molecule has 1 aromatic carbocycles. The fourth-order valence-electron chi connectivity index (χ4n) is 2.15. The predicted octanol–water partition coefficient (Wildman–Crippen LogP) is 3.33.